The highest BCUT2D eigenvalue weighted by Crippen LogP contribution is 2.24. The monoisotopic (exact) mass is 516 g/mol. The first-order valence-electron chi connectivity index (χ1n) is 13.3. The molecular formula is C29H36N6O3. The molecule has 0 saturated carbocycles. The van der Waals surface area contributed by atoms with E-state index in [0.717, 1.165) is 62.1 Å². The van der Waals surface area contributed by atoms with E-state index in [0.29, 0.717) is 30.5 Å². The number of amides is 1. The highest BCUT2D eigenvalue weighted by Gasteiger charge is 2.20. The summed E-state index contributed by atoms with van der Waals surface area (Å²) in [5, 5.41) is 6.71. The lowest BCUT2D eigenvalue weighted by Gasteiger charge is -2.22. The van der Waals surface area contributed by atoms with Crippen LogP contribution in [0.25, 0.3) is 0 Å². The number of likely N-dealkylation sites (tertiary alicyclic amines) is 1. The first kappa shape index (κ1) is 26.9. The lowest BCUT2D eigenvalue weighted by molar-refractivity contribution is -0.108. The van der Waals surface area contributed by atoms with Crippen molar-refractivity contribution in [1.29, 1.82) is 0 Å². The van der Waals surface area contributed by atoms with Gasteiger partial charge in [-0.15, -0.1) is 0 Å². The van der Waals surface area contributed by atoms with E-state index < -0.39 is 6.04 Å². The van der Waals surface area contributed by atoms with Crippen LogP contribution in [0.15, 0.2) is 60.8 Å². The zero-order valence-electron chi connectivity index (χ0n) is 22.1. The Bertz CT molecular complexity index is 1180. The topological polar surface area (TPSA) is 99.7 Å². The molecule has 38 heavy (non-hydrogen) atoms. The number of nitrogens with zero attached hydrogens (tertiary/aromatic N) is 4. The van der Waals surface area contributed by atoms with Crippen LogP contribution in [0.4, 0.5) is 22.2 Å². The van der Waals surface area contributed by atoms with Crippen molar-refractivity contribution in [3.05, 3.63) is 71.9 Å². The molecule has 2 N–H and O–H groups in total. The number of aldehydes is 1. The molecule has 1 atom stereocenters. The van der Waals surface area contributed by atoms with E-state index in [4.69, 9.17) is 9.72 Å². The van der Waals surface area contributed by atoms with Gasteiger partial charge in [0.1, 0.15) is 12.0 Å². The summed E-state index contributed by atoms with van der Waals surface area (Å²) in [6, 6.07) is 16.8. The molecule has 3 aromatic rings. The lowest BCUT2D eigenvalue weighted by Crippen LogP contribution is -2.30. The summed E-state index contributed by atoms with van der Waals surface area (Å²) in [5.41, 5.74) is 2.79. The van der Waals surface area contributed by atoms with Gasteiger partial charge in [0.05, 0.1) is 17.9 Å². The SMILES string of the molecule is CCN(CC)c1ncc(NCc2ccccc2)c(NC(C=O)Cc2ccc(OC(=O)N3CCCC3)cc2)n1. The van der Waals surface area contributed by atoms with Crippen molar-refractivity contribution in [2.45, 2.75) is 45.7 Å². The molecule has 0 spiro atoms. The summed E-state index contributed by atoms with van der Waals surface area (Å²) in [6.45, 7) is 7.75. The van der Waals surface area contributed by atoms with Gasteiger partial charge in [0.15, 0.2) is 5.82 Å². The molecule has 1 aliphatic rings. The van der Waals surface area contributed by atoms with Gasteiger partial charge in [0.2, 0.25) is 5.95 Å². The summed E-state index contributed by atoms with van der Waals surface area (Å²) in [5.74, 6) is 1.68. The van der Waals surface area contributed by atoms with E-state index in [9.17, 15) is 9.59 Å². The van der Waals surface area contributed by atoms with Crippen molar-refractivity contribution in [3.8, 4) is 5.75 Å². The molecule has 9 nitrogen and oxygen atoms in total. The molecule has 1 unspecified atom stereocenters. The minimum atomic E-state index is -0.510. The summed E-state index contributed by atoms with van der Waals surface area (Å²) >= 11 is 0. The maximum Gasteiger partial charge on any atom is 0.415 e. The third-order valence-electron chi connectivity index (χ3n) is 6.58. The van der Waals surface area contributed by atoms with Crippen molar-refractivity contribution in [2.24, 2.45) is 0 Å². The van der Waals surface area contributed by atoms with Crippen LogP contribution in [0, 0.1) is 0 Å². The summed E-state index contributed by atoms with van der Waals surface area (Å²) in [7, 11) is 0. The van der Waals surface area contributed by atoms with Crippen molar-refractivity contribution in [2.75, 3.05) is 41.7 Å². The smallest absolute Gasteiger partial charge is 0.410 e. The van der Waals surface area contributed by atoms with E-state index in [1.807, 2.05) is 42.5 Å². The number of benzene rings is 2. The Kier molecular flexibility index (Phi) is 9.50. The lowest BCUT2D eigenvalue weighted by atomic mass is 10.1. The van der Waals surface area contributed by atoms with Crippen LogP contribution in [0.1, 0.15) is 37.8 Å². The zero-order chi connectivity index (χ0) is 26.7. The molecule has 4 rings (SSSR count). The number of hydrogen-bond donors (Lipinski definition) is 2. The molecule has 1 aromatic heterocycles. The number of ether oxygens (including phenoxy) is 1. The van der Waals surface area contributed by atoms with Gasteiger partial charge in [0.25, 0.3) is 0 Å². The molecule has 2 heterocycles. The zero-order valence-corrected chi connectivity index (χ0v) is 22.1. The van der Waals surface area contributed by atoms with Crippen LogP contribution in [-0.2, 0) is 17.8 Å². The molecule has 0 bridgehead atoms. The predicted octanol–water partition coefficient (Wildman–Crippen LogP) is 4.75. The second kappa shape index (κ2) is 13.4. The van der Waals surface area contributed by atoms with E-state index in [-0.39, 0.29) is 6.09 Å². The minimum Gasteiger partial charge on any atom is -0.410 e. The fraction of sp³-hybridized carbons (Fsp3) is 0.379. The summed E-state index contributed by atoms with van der Waals surface area (Å²) < 4.78 is 5.49. The Labute approximate surface area is 224 Å². The third-order valence-corrected chi connectivity index (χ3v) is 6.58. The predicted molar refractivity (Wildman–Crippen MR) is 150 cm³/mol. The molecule has 2 aromatic carbocycles. The van der Waals surface area contributed by atoms with Gasteiger partial charge >= 0.3 is 6.09 Å². The number of carbonyl (C=O) groups excluding carboxylic acids is 2. The highest BCUT2D eigenvalue weighted by atomic mass is 16.6. The van der Waals surface area contributed by atoms with Gasteiger partial charge in [-0.25, -0.2) is 9.78 Å². The van der Waals surface area contributed by atoms with Crippen LogP contribution in [0.3, 0.4) is 0 Å². The fourth-order valence-corrected chi connectivity index (χ4v) is 4.39. The minimum absolute atomic E-state index is 0.314. The first-order chi connectivity index (χ1) is 18.6. The summed E-state index contributed by atoms with van der Waals surface area (Å²) in [6.07, 6.45) is 4.82. The Hall–Kier alpha value is -4.14. The van der Waals surface area contributed by atoms with Gasteiger partial charge in [-0.3, -0.25) is 0 Å². The molecule has 1 amide bonds. The van der Waals surface area contributed by atoms with Crippen LogP contribution in [0.5, 0.6) is 5.75 Å². The average molecular weight is 517 g/mol. The van der Waals surface area contributed by atoms with E-state index in [2.05, 4.69) is 34.4 Å². The van der Waals surface area contributed by atoms with Gasteiger partial charge in [-0.1, -0.05) is 42.5 Å². The second-order valence-electron chi connectivity index (χ2n) is 9.24. The number of rotatable bonds is 12. The number of anilines is 3. The highest BCUT2D eigenvalue weighted by molar-refractivity contribution is 5.72. The Balaban J connectivity index is 1.45. The van der Waals surface area contributed by atoms with Crippen LogP contribution < -0.4 is 20.3 Å². The van der Waals surface area contributed by atoms with Crippen molar-refractivity contribution in [3.63, 3.8) is 0 Å². The first-order valence-corrected chi connectivity index (χ1v) is 13.3. The van der Waals surface area contributed by atoms with Crippen molar-refractivity contribution >= 4 is 29.8 Å². The Morgan fingerprint density at radius 2 is 1.76 bits per heavy atom. The standard InChI is InChI=1S/C29H36N6O3/c1-3-34(4-2)28-31-20-26(30-19-23-10-6-5-7-11-23)27(33-28)32-24(21-36)18-22-12-14-25(15-13-22)38-29(37)35-16-8-9-17-35/h5-7,10-15,20-21,24,30H,3-4,8-9,16-19H2,1-2H3,(H,31,32,33). The largest absolute Gasteiger partial charge is 0.415 e. The normalized spacial score (nSPS) is 13.6. The molecule has 200 valence electrons. The van der Waals surface area contributed by atoms with Gasteiger partial charge in [0, 0.05) is 32.7 Å². The second-order valence-corrected chi connectivity index (χ2v) is 9.24. The van der Waals surface area contributed by atoms with Crippen molar-refractivity contribution < 1.29 is 14.3 Å². The van der Waals surface area contributed by atoms with Gasteiger partial charge in [-0.05, 0) is 56.4 Å². The van der Waals surface area contributed by atoms with Gasteiger partial charge in [-0.2, -0.15) is 4.98 Å². The number of hydrogen-bond acceptors (Lipinski definition) is 8. The third kappa shape index (κ3) is 7.21. The van der Waals surface area contributed by atoms with Crippen LogP contribution >= 0.6 is 0 Å². The molecule has 9 heteroatoms. The van der Waals surface area contributed by atoms with E-state index >= 15 is 0 Å². The van der Waals surface area contributed by atoms with E-state index in [1.165, 1.54) is 0 Å². The van der Waals surface area contributed by atoms with Crippen molar-refractivity contribution in [1.82, 2.24) is 14.9 Å². The Morgan fingerprint density at radius 3 is 2.42 bits per heavy atom. The molecule has 1 aliphatic heterocycles. The number of aromatic nitrogens is 2. The van der Waals surface area contributed by atoms with Gasteiger partial charge < -0.3 is 30.0 Å². The van der Waals surface area contributed by atoms with Crippen LogP contribution in [0.2, 0.25) is 0 Å². The van der Waals surface area contributed by atoms with Crippen LogP contribution in [-0.4, -0.2) is 59.5 Å². The average Bonchev–Trinajstić information content (AvgIpc) is 3.50. The molecule has 0 aliphatic carbocycles. The quantitative estimate of drug-likeness (QED) is 0.333. The Morgan fingerprint density at radius 1 is 1.05 bits per heavy atom. The van der Waals surface area contributed by atoms with E-state index in [1.54, 1.807) is 23.2 Å². The molecular weight excluding hydrogens is 480 g/mol. The summed E-state index contributed by atoms with van der Waals surface area (Å²) in [4.78, 5) is 37.4. The molecule has 1 fully saturated rings. The fourth-order valence-electron chi connectivity index (χ4n) is 4.39. The number of nitrogens with one attached hydrogen (secondary N) is 2. The maximum absolute atomic E-state index is 12.2. The molecule has 0 radical (unpaired) electrons. The molecule has 1 saturated heterocycles. The number of carbonyl (C=O) groups is 2. The maximum atomic E-state index is 12.2.